The maximum atomic E-state index is 13.8. The molecular weight excluding hydrogens is 395 g/mol. The first kappa shape index (κ1) is 20.5. The normalized spacial score (nSPS) is 14.3. The molecule has 2 amide bonds. The lowest BCUT2D eigenvalue weighted by molar-refractivity contribution is -0.132. The first-order valence-electron chi connectivity index (χ1n) is 8.69. The smallest absolute Gasteiger partial charge is 0.265 e. The number of nitrogens with zero attached hydrogens (tertiary/aromatic N) is 2. The molecule has 1 saturated heterocycles. The van der Waals surface area contributed by atoms with Crippen molar-refractivity contribution in [1.29, 1.82) is 0 Å². The third kappa shape index (κ3) is 4.12. The van der Waals surface area contributed by atoms with Gasteiger partial charge in [-0.1, -0.05) is 24.3 Å². The molecular formula is C21H19FN2O4S. The molecule has 0 N–H and O–H groups in total. The highest BCUT2D eigenvalue weighted by molar-refractivity contribution is 7.80. The van der Waals surface area contributed by atoms with E-state index >= 15 is 0 Å². The van der Waals surface area contributed by atoms with E-state index in [2.05, 4.69) is 0 Å². The van der Waals surface area contributed by atoms with Crippen molar-refractivity contribution in [2.75, 3.05) is 21.2 Å². The average molecular weight is 414 g/mol. The fourth-order valence-electron chi connectivity index (χ4n) is 2.81. The fourth-order valence-corrected chi connectivity index (χ4v) is 2.97. The van der Waals surface area contributed by atoms with Crippen LogP contribution in [-0.4, -0.2) is 47.9 Å². The Bertz CT molecular complexity index is 995. The van der Waals surface area contributed by atoms with Crippen LogP contribution in [0.3, 0.4) is 0 Å². The third-order valence-electron chi connectivity index (χ3n) is 4.48. The summed E-state index contributed by atoms with van der Waals surface area (Å²) in [6.45, 7) is 0.0352. The average Bonchev–Trinajstić information content (AvgIpc) is 2.73. The minimum atomic E-state index is -0.475. The molecule has 0 atom stereocenters. The Kier molecular flexibility index (Phi) is 5.93. The highest BCUT2D eigenvalue weighted by Gasteiger charge is 2.35. The number of amides is 2. The van der Waals surface area contributed by atoms with E-state index in [1.165, 1.54) is 43.1 Å². The maximum Gasteiger partial charge on any atom is 0.265 e. The second-order valence-corrected chi connectivity index (χ2v) is 6.72. The van der Waals surface area contributed by atoms with Crippen LogP contribution in [0.2, 0.25) is 0 Å². The topological polar surface area (TPSA) is 59.1 Å². The fraction of sp³-hybridized carbons (Fsp3) is 0.190. The van der Waals surface area contributed by atoms with Crippen LogP contribution in [0.15, 0.2) is 48.0 Å². The Labute approximate surface area is 173 Å². The van der Waals surface area contributed by atoms with Crippen LogP contribution >= 0.6 is 12.2 Å². The lowest BCUT2D eigenvalue weighted by Gasteiger charge is -2.31. The van der Waals surface area contributed by atoms with Crippen molar-refractivity contribution in [2.24, 2.45) is 0 Å². The first-order chi connectivity index (χ1) is 13.8. The molecule has 0 unspecified atom stereocenters. The molecule has 1 aliphatic heterocycles. The van der Waals surface area contributed by atoms with Gasteiger partial charge in [0.2, 0.25) is 0 Å². The van der Waals surface area contributed by atoms with Gasteiger partial charge in [-0.3, -0.25) is 19.4 Å². The standard InChI is InChI=1S/C21H19FN2O4S/c1-23-19(25)15(20(26)24(2)21(23)29)10-13-8-9-17(18(11-13)27-3)28-12-14-6-4-5-7-16(14)22/h4-11H,12H2,1-3H3. The summed E-state index contributed by atoms with van der Waals surface area (Å²) >= 11 is 5.08. The number of methoxy groups -OCH3 is 1. The van der Waals surface area contributed by atoms with Crippen molar-refractivity contribution < 1.29 is 23.5 Å². The zero-order valence-corrected chi connectivity index (χ0v) is 17.0. The summed E-state index contributed by atoms with van der Waals surface area (Å²) in [5.74, 6) is -0.500. The number of benzene rings is 2. The van der Waals surface area contributed by atoms with Crippen molar-refractivity contribution in [3.05, 3.63) is 65.0 Å². The van der Waals surface area contributed by atoms with Crippen LogP contribution in [-0.2, 0) is 16.2 Å². The Morgan fingerprint density at radius 1 is 1.03 bits per heavy atom. The molecule has 3 rings (SSSR count). The molecule has 1 heterocycles. The minimum absolute atomic E-state index is 0.00863. The largest absolute Gasteiger partial charge is 0.493 e. The second-order valence-electron chi connectivity index (χ2n) is 6.36. The van der Waals surface area contributed by atoms with Crippen LogP contribution in [0, 0.1) is 5.82 Å². The Morgan fingerprint density at radius 3 is 2.31 bits per heavy atom. The van der Waals surface area contributed by atoms with E-state index in [0.717, 1.165) is 0 Å². The number of carbonyl (C=O) groups excluding carboxylic acids is 2. The van der Waals surface area contributed by atoms with Crippen LogP contribution in [0.5, 0.6) is 11.5 Å². The van der Waals surface area contributed by atoms with E-state index in [-0.39, 0.29) is 23.1 Å². The first-order valence-corrected chi connectivity index (χ1v) is 9.10. The van der Waals surface area contributed by atoms with Crippen LogP contribution in [0.1, 0.15) is 11.1 Å². The van der Waals surface area contributed by atoms with Crippen molar-refractivity contribution in [1.82, 2.24) is 9.80 Å². The van der Waals surface area contributed by atoms with Gasteiger partial charge in [0.25, 0.3) is 11.8 Å². The zero-order valence-electron chi connectivity index (χ0n) is 16.1. The van der Waals surface area contributed by atoms with Gasteiger partial charge in [-0.15, -0.1) is 0 Å². The van der Waals surface area contributed by atoms with Crippen molar-refractivity contribution in [3.8, 4) is 11.5 Å². The molecule has 6 nitrogen and oxygen atoms in total. The minimum Gasteiger partial charge on any atom is -0.493 e. The molecule has 0 aromatic heterocycles. The monoisotopic (exact) mass is 414 g/mol. The van der Waals surface area contributed by atoms with E-state index in [1.54, 1.807) is 36.4 Å². The quantitative estimate of drug-likeness (QED) is 0.428. The van der Waals surface area contributed by atoms with Crippen molar-refractivity contribution in [2.45, 2.75) is 6.61 Å². The van der Waals surface area contributed by atoms with E-state index in [0.29, 0.717) is 22.6 Å². The predicted octanol–water partition coefficient (Wildman–Crippen LogP) is 3.01. The molecule has 0 bridgehead atoms. The van der Waals surface area contributed by atoms with Gasteiger partial charge in [0.15, 0.2) is 16.6 Å². The van der Waals surface area contributed by atoms with Crippen LogP contribution in [0.25, 0.3) is 6.08 Å². The van der Waals surface area contributed by atoms with E-state index in [1.807, 2.05) is 0 Å². The molecule has 2 aromatic rings. The van der Waals surface area contributed by atoms with Gasteiger partial charge in [-0.25, -0.2) is 4.39 Å². The van der Waals surface area contributed by atoms with Gasteiger partial charge in [0.1, 0.15) is 18.0 Å². The summed E-state index contributed by atoms with van der Waals surface area (Å²) in [5.41, 5.74) is 0.985. The molecule has 2 aromatic carbocycles. The summed E-state index contributed by atoms with van der Waals surface area (Å²) in [5, 5.41) is 0.145. The molecule has 1 aliphatic rings. The number of thiocarbonyl (C=S) groups is 1. The van der Waals surface area contributed by atoms with Crippen LogP contribution < -0.4 is 9.47 Å². The molecule has 1 fully saturated rings. The highest BCUT2D eigenvalue weighted by Crippen LogP contribution is 2.30. The third-order valence-corrected chi connectivity index (χ3v) is 5.03. The molecule has 0 radical (unpaired) electrons. The van der Waals surface area contributed by atoms with Crippen molar-refractivity contribution in [3.63, 3.8) is 0 Å². The Balaban J connectivity index is 1.86. The number of halogens is 1. The highest BCUT2D eigenvalue weighted by atomic mass is 32.1. The van der Waals surface area contributed by atoms with E-state index < -0.39 is 11.8 Å². The summed E-state index contributed by atoms with van der Waals surface area (Å²) in [6.07, 6.45) is 1.47. The summed E-state index contributed by atoms with van der Waals surface area (Å²) in [6, 6.07) is 11.3. The molecule has 0 spiro atoms. The lowest BCUT2D eigenvalue weighted by Crippen LogP contribution is -2.52. The number of carbonyl (C=O) groups is 2. The van der Waals surface area contributed by atoms with E-state index in [4.69, 9.17) is 21.7 Å². The van der Waals surface area contributed by atoms with Gasteiger partial charge in [-0.2, -0.15) is 0 Å². The number of hydrogen-bond donors (Lipinski definition) is 0. The van der Waals surface area contributed by atoms with Gasteiger partial charge in [-0.05, 0) is 42.1 Å². The number of ether oxygens (including phenoxy) is 2. The Morgan fingerprint density at radius 2 is 1.69 bits per heavy atom. The van der Waals surface area contributed by atoms with E-state index in [9.17, 15) is 14.0 Å². The van der Waals surface area contributed by atoms with Crippen LogP contribution in [0.4, 0.5) is 4.39 Å². The Hall–Kier alpha value is -3.26. The number of hydrogen-bond acceptors (Lipinski definition) is 5. The van der Waals surface area contributed by atoms with Gasteiger partial charge < -0.3 is 9.47 Å². The van der Waals surface area contributed by atoms with Gasteiger partial charge >= 0.3 is 0 Å². The number of likely N-dealkylation sites (N-methyl/N-ethyl adjacent to an activating group) is 2. The molecule has 8 heteroatoms. The van der Waals surface area contributed by atoms with Gasteiger partial charge in [0.05, 0.1) is 7.11 Å². The van der Waals surface area contributed by atoms with Gasteiger partial charge in [0, 0.05) is 19.7 Å². The molecule has 29 heavy (non-hydrogen) atoms. The molecule has 0 saturated carbocycles. The second kappa shape index (κ2) is 8.40. The summed E-state index contributed by atoms with van der Waals surface area (Å²) in [7, 11) is 4.50. The summed E-state index contributed by atoms with van der Waals surface area (Å²) in [4.78, 5) is 27.4. The SMILES string of the molecule is COc1cc(C=C2C(=O)N(C)C(=S)N(C)C2=O)ccc1OCc1ccccc1F. The molecule has 150 valence electrons. The molecule has 0 aliphatic carbocycles. The number of rotatable bonds is 5. The maximum absolute atomic E-state index is 13.8. The lowest BCUT2D eigenvalue weighted by atomic mass is 10.1. The predicted molar refractivity (Wildman–Crippen MR) is 110 cm³/mol. The summed E-state index contributed by atoms with van der Waals surface area (Å²) < 4.78 is 24.8. The zero-order chi connectivity index (χ0) is 21.1. The van der Waals surface area contributed by atoms with Crippen molar-refractivity contribution >= 4 is 35.2 Å².